The Morgan fingerprint density at radius 3 is 2.62 bits per heavy atom. The molecule has 0 spiro atoms. The molecule has 1 aromatic heterocycles. The lowest BCUT2D eigenvalue weighted by Crippen LogP contribution is -2.44. The van der Waals surface area contributed by atoms with Crippen molar-refractivity contribution in [2.45, 2.75) is 44.9 Å². The Hall–Kier alpha value is -1.14. The highest BCUT2D eigenvalue weighted by atomic mass is 32.2. The number of morpholine rings is 1. The van der Waals surface area contributed by atoms with Crippen LogP contribution in [-0.2, 0) is 16.0 Å². The standard InChI is InChI=1S/C15H23N3O2S/c1-10-9-18(7-8-20-10)14(19)6-5-13-11(2)16-15(21-4)17-12(13)3/h10H,5-9H2,1-4H3. The van der Waals surface area contributed by atoms with Gasteiger partial charge in [0.15, 0.2) is 5.16 Å². The maximum absolute atomic E-state index is 12.3. The molecule has 1 aliphatic rings. The molecule has 0 aromatic carbocycles. The predicted molar refractivity (Wildman–Crippen MR) is 83.6 cm³/mol. The molecule has 21 heavy (non-hydrogen) atoms. The highest BCUT2D eigenvalue weighted by molar-refractivity contribution is 7.98. The van der Waals surface area contributed by atoms with E-state index in [9.17, 15) is 4.79 Å². The largest absolute Gasteiger partial charge is 0.375 e. The van der Waals surface area contributed by atoms with Crippen molar-refractivity contribution in [2.75, 3.05) is 26.0 Å². The molecule has 1 aliphatic heterocycles. The highest BCUT2D eigenvalue weighted by Gasteiger charge is 2.21. The summed E-state index contributed by atoms with van der Waals surface area (Å²) in [6, 6.07) is 0. The summed E-state index contributed by atoms with van der Waals surface area (Å²) in [4.78, 5) is 23.1. The fourth-order valence-corrected chi connectivity index (χ4v) is 3.05. The number of hydrogen-bond acceptors (Lipinski definition) is 5. The van der Waals surface area contributed by atoms with Gasteiger partial charge in [-0.15, -0.1) is 0 Å². The first-order chi connectivity index (χ1) is 10.0. The minimum Gasteiger partial charge on any atom is -0.375 e. The first-order valence-electron chi connectivity index (χ1n) is 7.28. The molecule has 5 nitrogen and oxygen atoms in total. The van der Waals surface area contributed by atoms with Crippen LogP contribution in [0, 0.1) is 13.8 Å². The van der Waals surface area contributed by atoms with Gasteiger partial charge in [-0.3, -0.25) is 4.79 Å². The van der Waals surface area contributed by atoms with E-state index in [0.717, 1.165) is 22.1 Å². The van der Waals surface area contributed by atoms with E-state index >= 15 is 0 Å². The summed E-state index contributed by atoms with van der Waals surface area (Å²) in [6.45, 7) is 8.01. The van der Waals surface area contributed by atoms with Crippen molar-refractivity contribution in [1.82, 2.24) is 14.9 Å². The van der Waals surface area contributed by atoms with Gasteiger partial charge in [0, 0.05) is 30.9 Å². The molecule has 1 aromatic rings. The molecule has 1 fully saturated rings. The van der Waals surface area contributed by atoms with Gasteiger partial charge in [0.25, 0.3) is 0 Å². The number of hydrogen-bond donors (Lipinski definition) is 0. The van der Waals surface area contributed by atoms with E-state index in [1.54, 1.807) is 11.8 Å². The lowest BCUT2D eigenvalue weighted by Gasteiger charge is -2.31. The second-order valence-corrected chi connectivity index (χ2v) is 6.15. The summed E-state index contributed by atoms with van der Waals surface area (Å²) in [5.74, 6) is 0.192. The number of aryl methyl sites for hydroxylation is 2. The van der Waals surface area contributed by atoms with Crippen LogP contribution in [0.1, 0.15) is 30.3 Å². The molecule has 1 amide bonds. The normalized spacial score (nSPS) is 18.9. The molecular formula is C15H23N3O2S. The minimum atomic E-state index is 0.135. The van der Waals surface area contributed by atoms with Crippen LogP contribution in [0.15, 0.2) is 5.16 Å². The Balaban J connectivity index is 1.98. The molecule has 2 heterocycles. The molecular weight excluding hydrogens is 286 g/mol. The monoisotopic (exact) mass is 309 g/mol. The van der Waals surface area contributed by atoms with Crippen LogP contribution in [0.3, 0.4) is 0 Å². The molecule has 116 valence electrons. The fourth-order valence-electron chi connectivity index (χ4n) is 2.60. The van der Waals surface area contributed by atoms with Crippen LogP contribution in [0.25, 0.3) is 0 Å². The van der Waals surface area contributed by atoms with Crippen molar-refractivity contribution in [3.8, 4) is 0 Å². The molecule has 0 radical (unpaired) electrons. The zero-order valence-electron chi connectivity index (χ0n) is 13.2. The zero-order chi connectivity index (χ0) is 15.4. The molecule has 1 saturated heterocycles. The van der Waals surface area contributed by atoms with Crippen LogP contribution in [0.4, 0.5) is 0 Å². The molecule has 0 N–H and O–H groups in total. The number of amides is 1. The number of aromatic nitrogens is 2. The van der Waals surface area contributed by atoms with Gasteiger partial charge in [-0.25, -0.2) is 9.97 Å². The lowest BCUT2D eigenvalue weighted by atomic mass is 10.1. The van der Waals surface area contributed by atoms with Crippen molar-refractivity contribution in [1.29, 1.82) is 0 Å². The Morgan fingerprint density at radius 2 is 2.05 bits per heavy atom. The number of ether oxygens (including phenoxy) is 1. The average molecular weight is 309 g/mol. The summed E-state index contributed by atoms with van der Waals surface area (Å²) in [5, 5.41) is 0.794. The summed E-state index contributed by atoms with van der Waals surface area (Å²) in [7, 11) is 0. The van der Waals surface area contributed by atoms with E-state index < -0.39 is 0 Å². The third-order valence-corrected chi connectivity index (χ3v) is 4.31. The van der Waals surface area contributed by atoms with E-state index in [1.165, 1.54) is 0 Å². The van der Waals surface area contributed by atoms with Gasteiger partial charge in [-0.1, -0.05) is 11.8 Å². The number of nitrogens with zero attached hydrogens (tertiary/aromatic N) is 3. The van der Waals surface area contributed by atoms with Gasteiger partial charge in [-0.05, 0) is 39.0 Å². The van der Waals surface area contributed by atoms with Crippen LogP contribution in [0.2, 0.25) is 0 Å². The van der Waals surface area contributed by atoms with Crippen LogP contribution in [0.5, 0.6) is 0 Å². The first kappa shape index (κ1) is 16.2. The van der Waals surface area contributed by atoms with Gasteiger partial charge < -0.3 is 9.64 Å². The summed E-state index contributed by atoms with van der Waals surface area (Å²) < 4.78 is 5.47. The molecule has 1 unspecified atom stereocenters. The summed E-state index contributed by atoms with van der Waals surface area (Å²) in [6.07, 6.45) is 3.32. The molecule has 2 rings (SSSR count). The molecule has 0 saturated carbocycles. The van der Waals surface area contributed by atoms with E-state index in [2.05, 4.69) is 9.97 Å². The maximum Gasteiger partial charge on any atom is 0.223 e. The summed E-state index contributed by atoms with van der Waals surface area (Å²) >= 11 is 1.54. The van der Waals surface area contributed by atoms with E-state index in [1.807, 2.05) is 31.9 Å². The smallest absolute Gasteiger partial charge is 0.223 e. The minimum absolute atomic E-state index is 0.135. The second-order valence-electron chi connectivity index (χ2n) is 5.38. The Morgan fingerprint density at radius 1 is 1.38 bits per heavy atom. The van der Waals surface area contributed by atoms with E-state index in [4.69, 9.17) is 4.74 Å². The average Bonchev–Trinajstić information content (AvgIpc) is 2.45. The zero-order valence-corrected chi connectivity index (χ0v) is 14.0. The Bertz CT molecular complexity index is 499. The van der Waals surface area contributed by atoms with Crippen LogP contribution >= 0.6 is 11.8 Å². The Labute approximate surface area is 130 Å². The van der Waals surface area contributed by atoms with Gasteiger partial charge in [-0.2, -0.15) is 0 Å². The van der Waals surface area contributed by atoms with Crippen molar-refractivity contribution < 1.29 is 9.53 Å². The molecule has 1 atom stereocenters. The van der Waals surface area contributed by atoms with E-state index in [0.29, 0.717) is 32.5 Å². The van der Waals surface area contributed by atoms with Crippen molar-refractivity contribution in [2.24, 2.45) is 0 Å². The SMILES string of the molecule is CSc1nc(C)c(CCC(=O)N2CCOC(C)C2)c(C)n1. The predicted octanol–water partition coefficient (Wildman–Crippen LogP) is 2.00. The van der Waals surface area contributed by atoms with Gasteiger partial charge >= 0.3 is 0 Å². The Kier molecular flexibility index (Phi) is 5.58. The third kappa shape index (κ3) is 4.17. The lowest BCUT2D eigenvalue weighted by molar-refractivity contribution is -0.138. The summed E-state index contributed by atoms with van der Waals surface area (Å²) in [5.41, 5.74) is 3.06. The van der Waals surface area contributed by atoms with Crippen LogP contribution < -0.4 is 0 Å². The quantitative estimate of drug-likeness (QED) is 0.629. The molecule has 0 aliphatic carbocycles. The molecule has 6 heteroatoms. The fraction of sp³-hybridized carbons (Fsp3) is 0.667. The number of carbonyl (C=O) groups is 1. The second kappa shape index (κ2) is 7.22. The van der Waals surface area contributed by atoms with Gasteiger partial charge in [0.05, 0.1) is 12.7 Å². The van der Waals surface area contributed by atoms with E-state index in [-0.39, 0.29) is 12.0 Å². The first-order valence-corrected chi connectivity index (χ1v) is 8.51. The number of carbonyl (C=O) groups excluding carboxylic acids is 1. The van der Waals surface area contributed by atoms with Crippen molar-refractivity contribution in [3.63, 3.8) is 0 Å². The number of rotatable bonds is 4. The van der Waals surface area contributed by atoms with Crippen molar-refractivity contribution in [3.05, 3.63) is 17.0 Å². The van der Waals surface area contributed by atoms with Crippen molar-refractivity contribution >= 4 is 17.7 Å². The van der Waals surface area contributed by atoms with Crippen LogP contribution in [-0.4, -0.2) is 52.8 Å². The topological polar surface area (TPSA) is 55.3 Å². The number of thioether (sulfide) groups is 1. The van der Waals surface area contributed by atoms with Gasteiger partial charge in [0.1, 0.15) is 0 Å². The van der Waals surface area contributed by atoms with Gasteiger partial charge in [0.2, 0.25) is 5.91 Å². The highest BCUT2D eigenvalue weighted by Crippen LogP contribution is 2.18. The molecule has 0 bridgehead atoms. The maximum atomic E-state index is 12.3. The third-order valence-electron chi connectivity index (χ3n) is 3.77.